The Morgan fingerprint density at radius 1 is 1.09 bits per heavy atom. The maximum Gasteiger partial charge on any atom is 0.138 e. The molecule has 0 unspecified atom stereocenters. The number of aromatic nitrogens is 5. The van der Waals surface area contributed by atoms with E-state index in [4.69, 9.17) is 0 Å². The summed E-state index contributed by atoms with van der Waals surface area (Å²) in [5, 5.41) is 12.4. The van der Waals surface area contributed by atoms with E-state index in [-0.39, 0.29) is 0 Å². The van der Waals surface area contributed by atoms with Gasteiger partial charge in [0.15, 0.2) is 0 Å². The van der Waals surface area contributed by atoms with E-state index in [2.05, 4.69) is 25.5 Å². The van der Waals surface area contributed by atoms with E-state index in [1.807, 2.05) is 15.9 Å². The fraction of sp³-hybridized carbons (Fsp3) is 0.500. The first kappa shape index (κ1) is 14.6. The van der Waals surface area contributed by atoms with Crippen LogP contribution < -0.4 is 5.32 Å². The first-order chi connectivity index (χ1) is 11.4. The van der Waals surface area contributed by atoms with Crippen LogP contribution in [0.5, 0.6) is 0 Å². The van der Waals surface area contributed by atoms with E-state index in [0.717, 1.165) is 36.6 Å². The quantitative estimate of drug-likeness (QED) is 0.704. The molecule has 0 radical (unpaired) electrons. The second kappa shape index (κ2) is 6.62. The Hall–Kier alpha value is -2.02. The van der Waals surface area contributed by atoms with Gasteiger partial charge in [0.1, 0.15) is 29.6 Å². The monoisotopic (exact) mass is 328 g/mol. The number of thiophene rings is 1. The van der Waals surface area contributed by atoms with E-state index < -0.39 is 0 Å². The predicted octanol–water partition coefficient (Wildman–Crippen LogP) is 3.05. The molecule has 0 spiro atoms. The third-order valence-electron chi connectivity index (χ3n) is 4.35. The van der Waals surface area contributed by atoms with Crippen LogP contribution in [0.25, 0.3) is 10.2 Å². The summed E-state index contributed by atoms with van der Waals surface area (Å²) in [4.78, 5) is 11.6. The Morgan fingerprint density at radius 3 is 2.87 bits per heavy atom. The summed E-state index contributed by atoms with van der Waals surface area (Å²) in [5.74, 6) is 1.01. The van der Waals surface area contributed by atoms with Crippen molar-refractivity contribution in [2.24, 2.45) is 0 Å². The second-order valence-corrected chi connectivity index (χ2v) is 7.03. The number of nitrogens with one attached hydrogen (secondary N) is 1. The molecule has 0 saturated heterocycles. The number of nitrogens with zero attached hydrogens (tertiary/aromatic N) is 5. The van der Waals surface area contributed by atoms with Gasteiger partial charge in [0.2, 0.25) is 0 Å². The van der Waals surface area contributed by atoms with Gasteiger partial charge >= 0.3 is 0 Å². The van der Waals surface area contributed by atoms with Gasteiger partial charge in [-0.05, 0) is 44.1 Å². The van der Waals surface area contributed by atoms with Gasteiger partial charge in [0, 0.05) is 18.0 Å². The molecule has 23 heavy (non-hydrogen) atoms. The lowest BCUT2D eigenvalue weighted by molar-refractivity contribution is 0.619. The average Bonchev–Trinajstić information content (AvgIpc) is 3.21. The van der Waals surface area contributed by atoms with Gasteiger partial charge in [-0.1, -0.05) is 0 Å². The summed E-state index contributed by atoms with van der Waals surface area (Å²) in [6, 6.07) is 0. The maximum absolute atomic E-state index is 4.49. The van der Waals surface area contributed by atoms with Gasteiger partial charge in [0.05, 0.1) is 5.39 Å². The van der Waals surface area contributed by atoms with Crippen LogP contribution in [-0.4, -0.2) is 31.3 Å². The van der Waals surface area contributed by atoms with Gasteiger partial charge in [-0.3, -0.25) is 0 Å². The third-order valence-corrected chi connectivity index (χ3v) is 5.55. The Bertz CT molecular complexity index is 779. The van der Waals surface area contributed by atoms with Gasteiger partial charge in [-0.25, -0.2) is 9.97 Å². The molecule has 0 saturated carbocycles. The number of fused-ring (bicyclic) bond motifs is 3. The fourth-order valence-corrected chi connectivity index (χ4v) is 4.42. The standard InChI is InChI=1S/C16H20N6S/c1-2-6-13-12(5-1)14-15(18-9-19-16(14)23-13)17-7-3-4-8-22-10-20-21-11-22/h9-11H,1-8H2,(H,17,18,19). The van der Waals surface area contributed by atoms with Crippen LogP contribution in [0.15, 0.2) is 19.0 Å². The van der Waals surface area contributed by atoms with Gasteiger partial charge in [0.25, 0.3) is 0 Å². The lowest BCUT2D eigenvalue weighted by atomic mass is 9.97. The molecule has 0 amide bonds. The number of rotatable bonds is 6. The number of hydrogen-bond acceptors (Lipinski definition) is 6. The zero-order valence-corrected chi connectivity index (χ0v) is 13.8. The molecule has 0 atom stereocenters. The van der Waals surface area contributed by atoms with Crippen molar-refractivity contribution in [1.29, 1.82) is 0 Å². The van der Waals surface area contributed by atoms with Crippen molar-refractivity contribution in [3.05, 3.63) is 29.4 Å². The van der Waals surface area contributed by atoms with Gasteiger partial charge in [-0.15, -0.1) is 21.5 Å². The molecule has 3 aromatic heterocycles. The maximum atomic E-state index is 4.49. The number of aryl methyl sites for hydroxylation is 3. The Balaban J connectivity index is 1.41. The van der Waals surface area contributed by atoms with Crippen LogP contribution in [0.1, 0.15) is 36.1 Å². The highest BCUT2D eigenvalue weighted by molar-refractivity contribution is 7.19. The Kier molecular flexibility index (Phi) is 4.19. The van der Waals surface area contributed by atoms with E-state index in [1.54, 1.807) is 19.0 Å². The van der Waals surface area contributed by atoms with Crippen LogP contribution >= 0.6 is 11.3 Å². The van der Waals surface area contributed by atoms with E-state index in [0.29, 0.717) is 0 Å². The van der Waals surface area contributed by atoms with Crippen LogP contribution in [0, 0.1) is 0 Å². The minimum absolute atomic E-state index is 0.929. The predicted molar refractivity (Wildman–Crippen MR) is 91.8 cm³/mol. The summed E-state index contributed by atoms with van der Waals surface area (Å²) >= 11 is 1.85. The summed E-state index contributed by atoms with van der Waals surface area (Å²) in [6.07, 6.45) is 12.4. The normalized spacial score (nSPS) is 14.1. The molecule has 0 fully saturated rings. The highest BCUT2D eigenvalue weighted by Crippen LogP contribution is 2.38. The molecule has 6 nitrogen and oxygen atoms in total. The molecule has 1 aliphatic carbocycles. The third kappa shape index (κ3) is 3.06. The molecular weight excluding hydrogens is 308 g/mol. The molecule has 1 N–H and O–H groups in total. The fourth-order valence-electron chi connectivity index (χ4n) is 3.19. The molecule has 1 aliphatic rings. The SMILES string of the molecule is c1nc(NCCCCn2cnnc2)c2c3c(sc2n1)CCCC3. The van der Waals surface area contributed by atoms with Crippen LogP contribution in [0.2, 0.25) is 0 Å². The Morgan fingerprint density at radius 2 is 1.96 bits per heavy atom. The van der Waals surface area contributed by atoms with E-state index in [1.165, 1.54) is 41.5 Å². The first-order valence-corrected chi connectivity index (χ1v) is 9.05. The summed E-state index contributed by atoms with van der Waals surface area (Å²) < 4.78 is 2.01. The smallest absolute Gasteiger partial charge is 0.138 e. The number of hydrogen-bond donors (Lipinski definition) is 1. The van der Waals surface area contributed by atoms with Crippen molar-refractivity contribution in [2.75, 3.05) is 11.9 Å². The Labute approximate surface area is 139 Å². The highest BCUT2D eigenvalue weighted by atomic mass is 32.1. The van der Waals surface area contributed by atoms with Gasteiger partial charge < -0.3 is 9.88 Å². The summed E-state index contributed by atoms with van der Waals surface area (Å²) in [6.45, 7) is 1.89. The van der Waals surface area contributed by atoms with Crippen LogP contribution in [0.3, 0.4) is 0 Å². The van der Waals surface area contributed by atoms with E-state index in [9.17, 15) is 0 Å². The summed E-state index contributed by atoms with van der Waals surface area (Å²) in [5.41, 5.74) is 1.49. The molecule has 4 rings (SSSR count). The zero-order chi connectivity index (χ0) is 15.5. The van der Waals surface area contributed by atoms with E-state index >= 15 is 0 Å². The van der Waals surface area contributed by atoms with Crippen molar-refractivity contribution in [3.8, 4) is 0 Å². The molecule has 0 bridgehead atoms. The average molecular weight is 328 g/mol. The van der Waals surface area contributed by atoms with Crippen LogP contribution in [0.4, 0.5) is 5.82 Å². The van der Waals surface area contributed by atoms with Crippen molar-refractivity contribution in [2.45, 2.75) is 45.1 Å². The molecule has 120 valence electrons. The largest absolute Gasteiger partial charge is 0.369 e. The molecule has 3 aromatic rings. The first-order valence-electron chi connectivity index (χ1n) is 8.23. The van der Waals surface area contributed by atoms with Crippen molar-refractivity contribution in [1.82, 2.24) is 24.7 Å². The summed E-state index contributed by atoms with van der Waals surface area (Å²) in [7, 11) is 0. The topological polar surface area (TPSA) is 68.5 Å². The highest BCUT2D eigenvalue weighted by Gasteiger charge is 2.19. The van der Waals surface area contributed by atoms with Crippen molar-refractivity contribution in [3.63, 3.8) is 0 Å². The van der Waals surface area contributed by atoms with Gasteiger partial charge in [-0.2, -0.15) is 0 Å². The number of anilines is 1. The second-order valence-electron chi connectivity index (χ2n) is 5.95. The lowest BCUT2D eigenvalue weighted by Crippen LogP contribution is -2.07. The molecule has 3 heterocycles. The van der Waals surface area contributed by atoms with Crippen LogP contribution in [-0.2, 0) is 19.4 Å². The minimum atomic E-state index is 0.929. The molecule has 0 aromatic carbocycles. The molecular formula is C16H20N6S. The van der Waals surface area contributed by atoms with Crippen molar-refractivity contribution < 1.29 is 0 Å². The lowest BCUT2D eigenvalue weighted by Gasteiger charge is -2.12. The number of unbranched alkanes of at least 4 members (excludes halogenated alkanes) is 1. The zero-order valence-electron chi connectivity index (χ0n) is 13.0. The molecule has 7 heteroatoms. The minimum Gasteiger partial charge on any atom is -0.369 e. The molecule has 0 aliphatic heterocycles. The van der Waals surface area contributed by atoms with Crippen molar-refractivity contribution >= 4 is 27.4 Å².